The van der Waals surface area contributed by atoms with Crippen molar-refractivity contribution in [1.29, 1.82) is 0 Å². The molecule has 1 fully saturated rings. The normalized spacial score (nSPS) is 16.2. The van der Waals surface area contributed by atoms with Gasteiger partial charge < -0.3 is 20.2 Å². The molecule has 2 aromatic heterocycles. The molecule has 0 radical (unpaired) electrons. The first-order valence-electron chi connectivity index (χ1n) is 14.9. The number of nitrogens with one attached hydrogen (secondary N) is 1. The number of rotatable bonds is 15. The monoisotopic (exact) mass is 661 g/mol. The largest absolute Gasteiger partial charge is 0.390 e. The predicted octanol–water partition coefficient (Wildman–Crippen LogP) is 4.21. The van der Waals surface area contributed by atoms with E-state index in [4.69, 9.17) is 0 Å². The van der Waals surface area contributed by atoms with Crippen LogP contribution in [-0.2, 0) is 27.8 Å². The number of benzene rings is 1. The van der Waals surface area contributed by atoms with Crippen LogP contribution in [0.25, 0.3) is 0 Å². The molecule has 3 atom stereocenters. The minimum absolute atomic E-state index is 0.0155. The highest BCUT2D eigenvalue weighted by molar-refractivity contribution is 7.91. The number of carbonyl (C=O) groups is 2. The van der Waals surface area contributed by atoms with Crippen molar-refractivity contribution < 1.29 is 23.1 Å². The number of aliphatic hydroxyl groups is 1. The Morgan fingerprint density at radius 1 is 1.07 bits per heavy atom. The molecule has 44 heavy (non-hydrogen) atoms. The molecule has 0 saturated carbocycles. The summed E-state index contributed by atoms with van der Waals surface area (Å²) >= 11 is 2.66. The van der Waals surface area contributed by atoms with Crippen molar-refractivity contribution in [1.82, 2.24) is 24.4 Å². The highest BCUT2D eigenvalue weighted by Gasteiger charge is 2.40. The van der Waals surface area contributed by atoms with E-state index in [1.54, 1.807) is 27.3 Å². The summed E-state index contributed by atoms with van der Waals surface area (Å²) in [6, 6.07) is 10.9. The van der Waals surface area contributed by atoms with Gasteiger partial charge in [-0.2, -0.15) is 4.31 Å². The lowest BCUT2D eigenvalue weighted by Crippen LogP contribution is -2.57. The highest BCUT2D eigenvalue weighted by atomic mass is 32.2. The Hall–Kier alpha value is -2.84. The molecule has 4 rings (SSSR count). The van der Waals surface area contributed by atoms with Gasteiger partial charge in [0.25, 0.3) is 10.0 Å². The van der Waals surface area contributed by atoms with Gasteiger partial charge in [-0.3, -0.25) is 4.79 Å². The van der Waals surface area contributed by atoms with E-state index in [2.05, 4.69) is 10.3 Å². The minimum atomic E-state index is -3.85. The molecular weight excluding hydrogens is 619 g/mol. The number of aryl methyl sites for hydroxylation is 1. The SMILES string of the molecule is Cc1nc(CN2CCN([C@H](C(=O)N[C@@H](Cc3ccccc3)[C@@H](O)CN(CC(C)C)S(=O)(=O)c3cccs3)C(C)C)C2=O)cs1. The fourth-order valence-electron chi connectivity index (χ4n) is 5.46. The number of carbonyl (C=O) groups excluding carboxylic acids is 2. The lowest BCUT2D eigenvalue weighted by atomic mass is 9.97. The molecule has 0 bridgehead atoms. The standard InChI is InChI=1S/C31H43N5O5S3/c1-21(2)17-35(44(40,41)28-12-9-15-42-28)19-27(37)26(16-24-10-7-6-8-11-24)33-30(38)29(22(3)4)36-14-13-34(31(36)39)18-25-20-43-23(5)32-25/h6-12,15,20-22,26-27,29,37H,13-14,16-19H2,1-5H3,(H,33,38)/t26-,27-,29-/m0/s1. The Balaban J connectivity index is 1.55. The molecule has 3 amide bonds. The van der Waals surface area contributed by atoms with Gasteiger partial charge in [-0.15, -0.1) is 22.7 Å². The summed E-state index contributed by atoms with van der Waals surface area (Å²) in [5.41, 5.74) is 1.71. The second-order valence-corrected chi connectivity index (χ2v) is 16.1. The van der Waals surface area contributed by atoms with Crippen LogP contribution < -0.4 is 5.32 Å². The van der Waals surface area contributed by atoms with Gasteiger partial charge in [0.15, 0.2) is 0 Å². The fraction of sp³-hybridized carbons (Fsp3) is 0.516. The van der Waals surface area contributed by atoms with E-state index in [1.807, 2.05) is 70.3 Å². The maximum atomic E-state index is 14.0. The van der Waals surface area contributed by atoms with Crippen molar-refractivity contribution in [2.45, 2.75) is 70.0 Å². The van der Waals surface area contributed by atoms with E-state index < -0.39 is 28.2 Å². The van der Waals surface area contributed by atoms with Crippen LogP contribution in [0, 0.1) is 18.8 Å². The van der Waals surface area contributed by atoms with Crippen molar-refractivity contribution in [2.24, 2.45) is 11.8 Å². The number of aliphatic hydroxyl groups excluding tert-OH is 1. The van der Waals surface area contributed by atoms with Crippen molar-refractivity contribution in [3.63, 3.8) is 0 Å². The summed E-state index contributed by atoms with van der Waals surface area (Å²) in [5, 5.41) is 19.2. The number of amides is 3. The molecule has 1 aliphatic rings. The summed E-state index contributed by atoms with van der Waals surface area (Å²) in [7, 11) is -3.85. The van der Waals surface area contributed by atoms with Crippen LogP contribution in [0.5, 0.6) is 0 Å². The quantitative estimate of drug-likeness (QED) is 0.252. The third-order valence-corrected chi connectivity index (χ3v) is 11.5. The van der Waals surface area contributed by atoms with Gasteiger partial charge in [0.1, 0.15) is 10.3 Å². The highest BCUT2D eigenvalue weighted by Crippen LogP contribution is 2.24. The Morgan fingerprint density at radius 2 is 1.80 bits per heavy atom. The van der Waals surface area contributed by atoms with Gasteiger partial charge in [0.2, 0.25) is 5.91 Å². The molecule has 3 heterocycles. The summed E-state index contributed by atoms with van der Waals surface area (Å²) in [5.74, 6) is -0.565. The number of thiazole rings is 1. The van der Waals surface area contributed by atoms with Gasteiger partial charge in [0, 0.05) is 31.6 Å². The third kappa shape index (κ3) is 8.45. The number of thiophene rings is 1. The maximum absolute atomic E-state index is 14.0. The van der Waals surface area contributed by atoms with Crippen LogP contribution in [0.2, 0.25) is 0 Å². The topological polar surface area (TPSA) is 123 Å². The van der Waals surface area contributed by atoms with E-state index in [0.717, 1.165) is 27.6 Å². The molecule has 2 N–H and O–H groups in total. The fourth-order valence-corrected chi connectivity index (χ4v) is 8.83. The minimum Gasteiger partial charge on any atom is -0.390 e. The number of urea groups is 1. The van der Waals surface area contributed by atoms with Crippen molar-refractivity contribution in [3.05, 3.63) is 69.5 Å². The molecule has 10 nitrogen and oxygen atoms in total. The number of hydrogen-bond acceptors (Lipinski definition) is 8. The average Bonchev–Trinajstić information content (AvgIpc) is 3.72. The molecule has 1 aromatic carbocycles. The van der Waals surface area contributed by atoms with Gasteiger partial charge in [-0.25, -0.2) is 18.2 Å². The lowest BCUT2D eigenvalue weighted by molar-refractivity contribution is -0.128. The molecule has 1 aliphatic heterocycles. The van der Waals surface area contributed by atoms with Gasteiger partial charge in [-0.05, 0) is 42.2 Å². The molecular formula is C31H43N5O5S3. The Morgan fingerprint density at radius 3 is 2.39 bits per heavy atom. The van der Waals surface area contributed by atoms with Crippen LogP contribution in [0.1, 0.15) is 44.0 Å². The first-order valence-corrected chi connectivity index (χ1v) is 18.1. The molecule has 0 spiro atoms. The summed E-state index contributed by atoms with van der Waals surface area (Å²) in [6.07, 6.45) is -0.921. The van der Waals surface area contributed by atoms with E-state index in [9.17, 15) is 23.1 Å². The predicted molar refractivity (Wildman–Crippen MR) is 174 cm³/mol. The molecule has 0 aliphatic carbocycles. The third-order valence-electron chi connectivity index (χ3n) is 7.52. The number of nitrogens with zero attached hydrogens (tertiary/aromatic N) is 4. The van der Waals surface area contributed by atoms with E-state index >= 15 is 0 Å². The second kappa shape index (κ2) is 15.0. The molecule has 13 heteroatoms. The van der Waals surface area contributed by atoms with Crippen LogP contribution >= 0.6 is 22.7 Å². The summed E-state index contributed by atoms with van der Waals surface area (Å²) in [6.45, 7) is 10.8. The molecule has 0 unspecified atom stereocenters. The summed E-state index contributed by atoms with van der Waals surface area (Å²) < 4.78 is 28.6. The van der Waals surface area contributed by atoms with Crippen LogP contribution in [0.15, 0.2) is 57.4 Å². The van der Waals surface area contributed by atoms with Crippen LogP contribution in [0.4, 0.5) is 4.79 Å². The van der Waals surface area contributed by atoms with Crippen molar-refractivity contribution in [2.75, 3.05) is 26.2 Å². The van der Waals surface area contributed by atoms with Crippen molar-refractivity contribution >= 4 is 44.6 Å². The van der Waals surface area contributed by atoms with Gasteiger partial charge in [0.05, 0.1) is 29.4 Å². The zero-order chi connectivity index (χ0) is 32.0. The molecule has 240 valence electrons. The number of hydrogen-bond donors (Lipinski definition) is 2. The zero-order valence-electron chi connectivity index (χ0n) is 25.9. The summed E-state index contributed by atoms with van der Waals surface area (Å²) in [4.78, 5) is 35.2. The molecule has 3 aromatic rings. The van der Waals surface area contributed by atoms with Gasteiger partial charge >= 0.3 is 6.03 Å². The lowest BCUT2D eigenvalue weighted by Gasteiger charge is -2.34. The maximum Gasteiger partial charge on any atom is 0.321 e. The van der Waals surface area contributed by atoms with Gasteiger partial charge in [-0.1, -0.05) is 64.1 Å². The van der Waals surface area contributed by atoms with Crippen molar-refractivity contribution in [3.8, 4) is 0 Å². The second-order valence-electron chi connectivity index (χ2n) is 12.0. The Bertz CT molecular complexity index is 1480. The Labute approximate surface area is 268 Å². The molecule has 1 saturated heterocycles. The zero-order valence-corrected chi connectivity index (χ0v) is 28.4. The van der Waals surface area contributed by atoms with E-state index in [0.29, 0.717) is 19.6 Å². The number of aromatic nitrogens is 1. The first-order chi connectivity index (χ1) is 20.9. The van der Waals surface area contributed by atoms with Crippen LogP contribution in [0.3, 0.4) is 0 Å². The smallest absolute Gasteiger partial charge is 0.321 e. The van der Waals surface area contributed by atoms with Crippen LogP contribution in [-0.4, -0.2) is 88.9 Å². The number of sulfonamides is 1. The van der Waals surface area contributed by atoms with E-state index in [1.165, 1.54) is 15.6 Å². The average molecular weight is 662 g/mol. The first kappa shape index (κ1) is 34.0. The van der Waals surface area contributed by atoms with E-state index in [-0.39, 0.29) is 47.5 Å². The Kier molecular flexibility index (Phi) is 11.6.